The average molecular weight is 385 g/mol. The molecule has 1 aromatic carbocycles. The molecule has 28 heavy (non-hydrogen) atoms. The average Bonchev–Trinajstić information content (AvgIpc) is 2.73. The summed E-state index contributed by atoms with van der Waals surface area (Å²) in [6.45, 7) is 7.81. The summed E-state index contributed by atoms with van der Waals surface area (Å²) in [4.78, 5) is 0. The van der Waals surface area contributed by atoms with E-state index >= 15 is 0 Å². The van der Waals surface area contributed by atoms with Crippen LogP contribution in [0.25, 0.3) is 0 Å². The molecule has 3 unspecified atom stereocenters. The maximum absolute atomic E-state index is 5.76. The van der Waals surface area contributed by atoms with Crippen molar-refractivity contribution in [2.75, 3.05) is 6.61 Å². The van der Waals surface area contributed by atoms with E-state index in [-0.39, 0.29) is 0 Å². The number of benzene rings is 1. The number of rotatable bonds is 9. The summed E-state index contributed by atoms with van der Waals surface area (Å²) < 4.78 is 5.76. The van der Waals surface area contributed by atoms with Crippen LogP contribution in [0.15, 0.2) is 24.3 Å². The van der Waals surface area contributed by atoms with Gasteiger partial charge in [0.25, 0.3) is 0 Å². The number of ether oxygens (including phenoxy) is 1. The van der Waals surface area contributed by atoms with Crippen LogP contribution in [0, 0.1) is 23.7 Å². The monoisotopic (exact) mass is 384 g/mol. The van der Waals surface area contributed by atoms with Crippen LogP contribution in [-0.4, -0.2) is 6.61 Å². The fraction of sp³-hybridized carbons (Fsp3) is 0.778. The van der Waals surface area contributed by atoms with Crippen molar-refractivity contribution in [3.05, 3.63) is 29.8 Å². The zero-order chi connectivity index (χ0) is 19.8. The zero-order valence-corrected chi connectivity index (χ0v) is 18.8. The molecule has 1 aromatic rings. The van der Waals surface area contributed by atoms with E-state index < -0.39 is 0 Å². The summed E-state index contributed by atoms with van der Waals surface area (Å²) in [6.07, 6.45) is 17.2. The van der Waals surface area contributed by atoms with Crippen molar-refractivity contribution in [2.45, 2.75) is 104 Å². The van der Waals surface area contributed by atoms with E-state index in [2.05, 4.69) is 45.0 Å². The third-order valence-electron chi connectivity index (χ3n) is 7.76. The van der Waals surface area contributed by atoms with Gasteiger partial charge in [-0.25, -0.2) is 0 Å². The second-order valence-corrected chi connectivity index (χ2v) is 9.85. The predicted octanol–water partition coefficient (Wildman–Crippen LogP) is 8.38. The van der Waals surface area contributed by atoms with Gasteiger partial charge in [0.05, 0.1) is 6.61 Å². The van der Waals surface area contributed by atoms with Crippen LogP contribution >= 0.6 is 0 Å². The lowest BCUT2D eigenvalue weighted by atomic mass is 9.65. The molecule has 2 aliphatic rings. The van der Waals surface area contributed by atoms with Crippen LogP contribution in [0.4, 0.5) is 0 Å². The van der Waals surface area contributed by atoms with Crippen LogP contribution in [0.2, 0.25) is 0 Å². The van der Waals surface area contributed by atoms with E-state index in [0.717, 1.165) is 48.4 Å². The lowest BCUT2D eigenvalue weighted by molar-refractivity contribution is 0.130. The van der Waals surface area contributed by atoms with Gasteiger partial charge in [-0.2, -0.15) is 0 Å². The number of hydrogen-bond acceptors (Lipinski definition) is 1. The summed E-state index contributed by atoms with van der Waals surface area (Å²) in [7, 11) is 0. The summed E-state index contributed by atoms with van der Waals surface area (Å²) >= 11 is 0. The van der Waals surface area contributed by atoms with Crippen molar-refractivity contribution in [1.82, 2.24) is 0 Å². The second-order valence-electron chi connectivity index (χ2n) is 9.85. The molecule has 3 atom stereocenters. The SMILES string of the molecule is CCCCC[C@H]1CC[C@H](C2CCC(c3ccc(OCCC)cc3)C(C)C2)CC1. The highest BCUT2D eigenvalue weighted by atomic mass is 16.5. The first kappa shape index (κ1) is 21.7. The van der Waals surface area contributed by atoms with Gasteiger partial charge in [-0.15, -0.1) is 0 Å². The molecule has 0 spiro atoms. The van der Waals surface area contributed by atoms with Crippen molar-refractivity contribution in [3.63, 3.8) is 0 Å². The standard InChI is InChI=1S/C27H44O/c1-4-6-7-8-22-9-11-23(12-10-22)25-15-18-27(21(3)20-25)24-13-16-26(17-14-24)28-19-5-2/h13-14,16-17,21-23,25,27H,4-12,15,18-20H2,1-3H3/t21?,22-,23-,25?,27?. The molecule has 1 nitrogen and oxygen atoms in total. The molecular formula is C27H44O. The Morgan fingerprint density at radius 2 is 1.54 bits per heavy atom. The number of unbranched alkanes of at least 4 members (excludes halogenated alkanes) is 2. The molecule has 0 amide bonds. The van der Waals surface area contributed by atoms with Crippen LogP contribution < -0.4 is 4.74 Å². The van der Waals surface area contributed by atoms with E-state index in [0.29, 0.717) is 0 Å². The molecule has 0 aromatic heterocycles. The Morgan fingerprint density at radius 1 is 0.821 bits per heavy atom. The van der Waals surface area contributed by atoms with Crippen molar-refractivity contribution in [2.24, 2.45) is 23.7 Å². The Labute approximate surface area is 174 Å². The Balaban J connectivity index is 1.45. The van der Waals surface area contributed by atoms with Gasteiger partial charge in [-0.05, 0) is 85.8 Å². The first-order valence-electron chi connectivity index (χ1n) is 12.4. The molecule has 2 fully saturated rings. The fourth-order valence-corrected chi connectivity index (χ4v) is 6.02. The third-order valence-corrected chi connectivity index (χ3v) is 7.76. The maximum Gasteiger partial charge on any atom is 0.119 e. The van der Waals surface area contributed by atoms with E-state index in [1.165, 1.54) is 76.2 Å². The maximum atomic E-state index is 5.76. The van der Waals surface area contributed by atoms with E-state index in [4.69, 9.17) is 4.74 Å². The van der Waals surface area contributed by atoms with Crippen molar-refractivity contribution in [1.29, 1.82) is 0 Å². The topological polar surface area (TPSA) is 9.23 Å². The summed E-state index contributed by atoms with van der Waals surface area (Å²) in [5.74, 6) is 5.67. The van der Waals surface area contributed by atoms with Crippen molar-refractivity contribution >= 4 is 0 Å². The lowest BCUT2D eigenvalue weighted by Gasteiger charge is -2.41. The normalized spacial score (nSPS) is 30.9. The van der Waals surface area contributed by atoms with Crippen LogP contribution in [0.3, 0.4) is 0 Å². The molecule has 0 heterocycles. The quantitative estimate of drug-likeness (QED) is 0.388. The van der Waals surface area contributed by atoms with Crippen LogP contribution in [0.5, 0.6) is 5.75 Å². The Kier molecular flexibility index (Phi) is 8.74. The van der Waals surface area contributed by atoms with Gasteiger partial charge in [-0.1, -0.05) is 71.4 Å². The molecule has 0 saturated heterocycles. The van der Waals surface area contributed by atoms with E-state index in [9.17, 15) is 0 Å². The van der Waals surface area contributed by atoms with E-state index in [1.807, 2.05) is 0 Å². The van der Waals surface area contributed by atoms with E-state index in [1.54, 1.807) is 0 Å². The zero-order valence-electron chi connectivity index (χ0n) is 18.8. The highest BCUT2D eigenvalue weighted by molar-refractivity contribution is 5.30. The highest BCUT2D eigenvalue weighted by Crippen LogP contribution is 2.47. The smallest absolute Gasteiger partial charge is 0.119 e. The Morgan fingerprint density at radius 3 is 2.18 bits per heavy atom. The largest absolute Gasteiger partial charge is 0.494 e. The van der Waals surface area contributed by atoms with Gasteiger partial charge in [0.2, 0.25) is 0 Å². The highest BCUT2D eigenvalue weighted by Gasteiger charge is 2.34. The summed E-state index contributed by atoms with van der Waals surface area (Å²) in [5.41, 5.74) is 1.54. The van der Waals surface area contributed by atoms with Gasteiger partial charge in [0.15, 0.2) is 0 Å². The predicted molar refractivity (Wildman–Crippen MR) is 121 cm³/mol. The van der Waals surface area contributed by atoms with Crippen LogP contribution in [-0.2, 0) is 0 Å². The lowest BCUT2D eigenvalue weighted by Crippen LogP contribution is -2.29. The summed E-state index contributed by atoms with van der Waals surface area (Å²) in [5, 5.41) is 0. The van der Waals surface area contributed by atoms with Gasteiger partial charge < -0.3 is 4.74 Å². The van der Waals surface area contributed by atoms with Crippen molar-refractivity contribution < 1.29 is 4.74 Å². The molecule has 0 bridgehead atoms. The van der Waals surface area contributed by atoms with Gasteiger partial charge in [0.1, 0.15) is 5.75 Å². The molecule has 2 aliphatic carbocycles. The summed E-state index contributed by atoms with van der Waals surface area (Å²) in [6, 6.07) is 9.02. The Hall–Kier alpha value is -0.980. The molecule has 1 heteroatoms. The minimum atomic E-state index is 0.752. The molecule has 2 saturated carbocycles. The molecule has 0 N–H and O–H groups in total. The first-order chi connectivity index (χ1) is 13.7. The third kappa shape index (κ3) is 6.01. The van der Waals surface area contributed by atoms with Gasteiger partial charge in [0, 0.05) is 0 Å². The Bertz CT molecular complexity index is 540. The molecule has 0 aliphatic heterocycles. The first-order valence-corrected chi connectivity index (χ1v) is 12.4. The molecule has 158 valence electrons. The minimum Gasteiger partial charge on any atom is -0.494 e. The molecule has 3 rings (SSSR count). The number of hydrogen-bond donors (Lipinski definition) is 0. The molecular weight excluding hydrogens is 340 g/mol. The second kappa shape index (κ2) is 11.3. The van der Waals surface area contributed by atoms with Gasteiger partial charge in [-0.3, -0.25) is 0 Å². The molecule has 0 radical (unpaired) electrons. The van der Waals surface area contributed by atoms with Crippen LogP contribution in [0.1, 0.15) is 109 Å². The fourth-order valence-electron chi connectivity index (χ4n) is 6.02. The minimum absolute atomic E-state index is 0.752. The van der Waals surface area contributed by atoms with Crippen molar-refractivity contribution in [3.8, 4) is 5.75 Å². The van der Waals surface area contributed by atoms with Gasteiger partial charge >= 0.3 is 0 Å².